The van der Waals surface area contributed by atoms with E-state index in [1.165, 1.54) is 0 Å². The van der Waals surface area contributed by atoms with E-state index in [0.717, 1.165) is 12.8 Å². The van der Waals surface area contributed by atoms with Crippen LogP contribution >= 0.6 is 11.6 Å². The largest absolute Gasteiger partial charge is 0.370 e. The molecule has 0 N–H and O–H groups in total. The highest BCUT2D eigenvalue weighted by Gasteiger charge is 2.36. The fraction of sp³-hybridized carbons (Fsp3) is 1.00. The van der Waals surface area contributed by atoms with Crippen molar-refractivity contribution in [2.24, 2.45) is 0 Å². The maximum Gasteiger partial charge on any atom is 0.184 e. The number of alkyl halides is 1. The van der Waals surface area contributed by atoms with Gasteiger partial charge in [0.2, 0.25) is 0 Å². The lowest BCUT2D eigenvalue weighted by Crippen LogP contribution is -2.27. The molecule has 0 amide bonds. The van der Waals surface area contributed by atoms with Gasteiger partial charge >= 0.3 is 0 Å². The molecule has 0 bridgehead atoms. The van der Waals surface area contributed by atoms with Crippen LogP contribution in [0, 0.1) is 0 Å². The minimum atomic E-state index is -0.186. The summed E-state index contributed by atoms with van der Waals surface area (Å²) in [6.07, 6.45) is 2.44. The minimum absolute atomic E-state index is 0.0474. The quantitative estimate of drug-likeness (QED) is 0.642. The highest BCUT2D eigenvalue weighted by atomic mass is 35.5. The van der Waals surface area contributed by atoms with Crippen LogP contribution in [0.15, 0.2) is 0 Å². The van der Waals surface area contributed by atoms with Crippen molar-refractivity contribution in [1.82, 2.24) is 0 Å². The molecular weight excluding hydrogens is 192 g/mol. The zero-order valence-electron chi connectivity index (χ0n) is 7.74. The number of rotatable bonds is 2. The summed E-state index contributed by atoms with van der Waals surface area (Å²) in [5.74, 6) is 0.499. The summed E-state index contributed by atoms with van der Waals surface area (Å²) in [6.45, 7) is 2.68. The van der Waals surface area contributed by atoms with Gasteiger partial charge in [0.1, 0.15) is 6.10 Å². The summed E-state index contributed by atoms with van der Waals surface area (Å²) in [4.78, 5) is 0. The van der Waals surface area contributed by atoms with Crippen LogP contribution in [-0.4, -0.2) is 37.1 Å². The van der Waals surface area contributed by atoms with Gasteiger partial charge < -0.3 is 14.2 Å². The molecule has 0 aromatic carbocycles. The van der Waals surface area contributed by atoms with Gasteiger partial charge in [-0.15, -0.1) is 11.6 Å². The van der Waals surface area contributed by atoms with Gasteiger partial charge in [0.05, 0.1) is 24.7 Å². The van der Waals surface area contributed by atoms with Crippen molar-refractivity contribution in [3.05, 3.63) is 0 Å². The van der Waals surface area contributed by atoms with E-state index in [-0.39, 0.29) is 18.5 Å². The van der Waals surface area contributed by atoms with E-state index in [1.54, 1.807) is 0 Å². The second-order valence-electron chi connectivity index (χ2n) is 3.68. The molecule has 0 aliphatic carbocycles. The molecule has 3 nitrogen and oxygen atoms in total. The predicted octanol–water partition coefficient (Wildman–Crippen LogP) is 1.53. The number of hydrogen-bond acceptors (Lipinski definition) is 3. The number of halogens is 1. The first-order chi connectivity index (χ1) is 6.29. The minimum Gasteiger partial charge on any atom is -0.370 e. The van der Waals surface area contributed by atoms with E-state index in [4.69, 9.17) is 25.8 Å². The first-order valence-corrected chi connectivity index (χ1v) is 5.31. The van der Waals surface area contributed by atoms with Gasteiger partial charge in [0.25, 0.3) is 0 Å². The molecule has 4 unspecified atom stereocenters. The molecule has 0 spiro atoms. The van der Waals surface area contributed by atoms with Crippen molar-refractivity contribution in [2.45, 2.75) is 44.4 Å². The Kier molecular flexibility index (Phi) is 3.09. The Labute approximate surface area is 83.3 Å². The van der Waals surface area contributed by atoms with Crippen LogP contribution in [0.3, 0.4) is 0 Å². The summed E-state index contributed by atoms with van der Waals surface area (Å²) < 4.78 is 16.7. The third-order valence-corrected chi connectivity index (χ3v) is 2.86. The molecule has 2 heterocycles. The lowest BCUT2D eigenvalue weighted by atomic mass is 10.2. The molecule has 0 radical (unpaired) electrons. The maximum absolute atomic E-state index is 5.66. The first-order valence-electron chi connectivity index (χ1n) is 4.78. The van der Waals surface area contributed by atoms with Crippen molar-refractivity contribution in [1.29, 1.82) is 0 Å². The summed E-state index contributed by atoms with van der Waals surface area (Å²) >= 11 is 5.66. The lowest BCUT2D eigenvalue weighted by molar-refractivity contribution is -0.142. The van der Waals surface area contributed by atoms with E-state index in [0.29, 0.717) is 18.6 Å². The maximum atomic E-state index is 5.66. The monoisotopic (exact) mass is 206 g/mol. The fourth-order valence-electron chi connectivity index (χ4n) is 1.78. The predicted molar refractivity (Wildman–Crippen MR) is 48.9 cm³/mol. The average Bonchev–Trinajstić information content (AvgIpc) is 2.71. The summed E-state index contributed by atoms with van der Waals surface area (Å²) in [6, 6.07) is 0. The molecule has 76 valence electrons. The Bertz CT molecular complexity index is 176. The molecule has 2 aliphatic heterocycles. The highest BCUT2D eigenvalue weighted by molar-refractivity contribution is 6.18. The molecule has 2 fully saturated rings. The zero-order valence-corrected chi connectivity index (χ0v) is 8.50. The summed E-state index contributed by atoms with van der Waals surface area (Å²) in [5.41, 5.74) is 0. The third kappa shape index (κ3) is 2.15. The molecule has 0 aromatic rings. The molecule has 0 aromatic heterocycles. The van der Waals surface area contributed by atoms with Crippen LogP contribution < -0.4 is 0 Å². The molecule has 0 saturated carbocycles. The van der Waals surface area contributed by atoms with Crippen LogP contribution in [0.5, 0.6) is 0 Å². The second kappa shape index (κ2) is 4.13. The highest BCUT2D eigenvalue weighted by Crippen LogP contribution is 2.27. The third-order valence-electron chi connectivity index (χ3n) is 2.51. The second-order valence-corrected chi connectivity index (χ2v) is 3.99. The van der Waals surface area contributed by atoms with Gasteiger partial charge in [-0.2, -0.15) is 0 Å². The van der Waals surface area contributed by atoms with Gasteiger partial charge in [-0.05, 0) is 19.8 Å². The van der Waals surface area contributed by atoms with Crippen molar-refractivity contribution in [3.8, 4) is 0 Å². The van der Waals surface area contributed by atoms with E-state index in [9.17, 15) is 0 Å². The topological polar surface area (TPSA) is 27.7 Å². The van der Waals surface area contributed by atoms with Gasteiger partial charge in [0, 0.05) is 0 Å². The van der Waals surface area contributed by atoms with Crippen LogP contribution in [0.25, 0.3) is 0 Å². The van der Waals surface area contributed by atoms with Gasteiger partial charge in [0.15, 0.2) is 6.29 Å². The van der Waals surface area contributed by atoms with E-state index in [1.807, 2.05) is 0 Å². The van der Waals surface area contributed by atoms with Crippen molar-refractivity contribution >= 4 is 11.6 Å². The van der Waals surface area contributed by atoms with Crippen LogP contribution in [0.4, 0.5) is 0 Å². The fourth-order valence-corrected chi connectivity index (χ4v) is 1.94. The molecule has 2 saturated heterocycles. The van der Waals surface area contributed by atoms with Crippen LogP contribution in [0.1, 0.15) is 19.8 Å². The van der Waals surface area contributed by atoms with Crippen molar-refractivity contribution in [3.63, 3.8) is 0 Å². The zero-order chi connectivity index (χ0) is 9.26. The van der Waals surface area contributed by atoms with E-state index in [2.05, 4.69) is 6.92 Å². The van der Waals surface area contributed by atoms with Crippen LogP contribution in [0.2, 0.25) is 0 Å². The van der Waals surface area contributed by atoms with Crippen LogP contribution in [-0.2, 0) is 14.2 Å². The number of hydrogen-bond donors (Lipinski definition) is 0. The molecule has 13 heavy (non-hydrogen) atoms. The first kappa shape index (κ1) is 9.71. The Morgan fingerprint density at radius 3 is 2.69 bits per heavy atom. The Morgan fingerprint density at radius 1 is 1.31 bits per heavy atom. The Hall–Kier alpha value is 0.170. The van der Waals surface area contributed by atoms with Crippen molar-refractivity contribution in [2.75, 3.05) is 12.5 Å². The van der Waals surface area contributed by atoms with Gasteiger partial charge in [-0.25, -0.2) is 0 Å². The molecule has 2 rings (SSSR count). The summed E-state index contributed by atoms with van der Waals surface area (Å²) in [7, 11) is 0. The van der Waals surface area contributed by atoms with Gasteiger partial charge in [-0.1, -0.05) is 0 Å². The number of ether oxygens (including phenoxy) is 3. The Balaban J connectivity index is 1.82. The van der Waals surface area contributed by atoms with Crippen molar-refractivity contribution < 1.29 is 14.2 Å². The summed E-state index contributed by atoms with van der Waals surface area (Å²) in [5, 5.41) is 0. The van der Waals surface area contributed by atoms with E-state index < -0.39 is 0 Å². The SMILES string of the molecule is CC1CCC(C2OCC(CCl)O2)O1. The molecular formula is C9H15ClO3. The lowest BCUT2D eigenvalue weighted by Gasteiger charge is -2.17. The standard InChI is InChI=1S/C9H15ClO3/c1-6-2-3-8(12-6)9-11-5-7(4-10)13-9/h6-9H,2-5H2,1H3. The van der Waals surface area contributed by atoms with Gasteiger partial charge in [-0.3, -0.25) is 0 Å². The normalized spacial score (nSPS) is 45.7. The molecule has 4 atom stereocenters. The van der Waals surface area contributed by atoms with E-state index >= 15 is 0 Å². The molecule has 4 heteroatoms. The Morgan fingerprint density at radius 2 is 2.15 bits per heavy atom. The molecule has 2 aliphatic rings. The smallest absolute Gasteiger partial charge is 0.184 e. The average molecular weight is 207 g/mol.